The minimum Gasteiger partial charge on any atom is -0.477 e. The molecule has 1 aliphatic rings. The van der Waals surface area contributed by atoms with Gasteiger partial charge in [-0.15, -0.1) is 0 Å². The average molecular weight is 244 g/mol. The first-order chi connectivity index (χ1) is 7.50. The molecule has 0 aromatic carbocycles. The van der Waals surface area contributed by atoms with Gasteiger partial charge in [-0.25, -0.2) is 4.79 Å². The zero-order chi connectivity index (χ0) is 11.8. The molecule has 1 aliphatic heterocycles. The number of carboxylic acid groups (broad SMARTS) is 1. The quantitative estimate of drug-likeness (QED) is 0.887. The number of nitrogens with zero attached hydrogens (tertiary/aromatic N) is 1. The van der Waals surface area contributed by atoms with Crippen LogP contribution in [0.2, 0.25) is 5.02 Å². The van der Waals surface area contributed by atoms with Gasteiger partial charge >= 0.3 is 5.97 Å². The molecule has 1 aromatic heterocycles. The number of hydrogen-bond acceptors (Lipinski definition) is 2. The zero-order valence-corrected chi connectivity index (χ0v) is 9.83. The third kappa shape index (κ3) is 2.23. The van der Waals surface area contributed by atoms with E-state index in [9.17, 15) is 4.79 Å². The van der Waals surface area contributed by atoms with Gasteiger partial charge in [0.2, 0.25) is 0 Å². The second-order valence-corrected chi connectivity index (χ2v) is 4.81. The first kappa shape index (κ1) is 11.5. The van der Waals surface area contributed by atoms with E-state index < -0.39 is 5.97 Å². The van der Waals surface area contributed by atoms with Crippen molar-refractivity contribution in [2.75, 3.05) is 6.61 Å². The van der Waals surface area contributed by atoms with Gasteiger partial charge in [0, 0.05) is 12.8 Å². The van der Waals surface area contributed by atoms with E-state index in [-0.39, 0.29) is 11.3 Å². The molecule has 1 atom stereocenters. The van der Waals surface area contributed by atoms with Crippen molar-refractivity contribution in [2.45, 2.75) is 31.9 Å². The first-order valence-electron chi connectivity index (χ1n) is 5.23. The standard InChI is InChI=1S/C11H14ClNO3/c1-11(3-2-4-16-11)7-13-6-8(12)5-9(13)10(14)15/h5-6H,2-4,7H2,1H3,(H,14,15). The molecule has 1 unspecified atom stereocenters. The van der Waals surface area contributed by atoms with Gasteiger partial charge in [0.15, 0.2) is 0 Å². The Morgan fingerprint density at radius 1 is 1.75 bits per heavy atom. The zero-order valence-electron chi connectivity index (χ0n) is 9.07. The molecular weight excluding hydrogens is 230 g/mol. The summed E-state index contributed by atoms with van der Waals surface area (Å²) >= 11 is 5.82. The van der Waals surface area contributed by atoms with Crippen LogP contribution in [0.15, 0.2) is 12.3 Å². The fourth-order valence-corrected chi connectivity index (χ4v) is 2.33. The molecule has 0 spiro atoms. The van der Waals surface area contributed by atoms with Gasteiger partial charge < -0.3 is 14.4 Å². The molecule has 0 amide bonds. The van der Waals surface area contributed by atoms with Crippen molar-refractivity contribution in [3.05, 3.63) is 23.0 Å². The highest BCUT2D eigenvalue weighted by Gasteiger charge is 2.31. The molecule has 2 heterocycles. The van der Waals surface area contributed by atoms with E-state index in [1.54, 1.807) is 10.8 Å². The van der Waals surface area contributed by atoms with E-state index in [2.05, 4.69) is 0 Å². The second-order valence-electron chi connectivity index (χ2n) is 4.38. The Labute approximate surface area is 98.8 Å². The number of carbonyl (C=O) groups is 1. The Kier molecular flexibility index (Phi) is 2.95. The lowest BCUT2D eigenvalue weighted by molar-refractivity contribution is 0.00555. The molecule has 1 aromatic rings. The summed E-state index contributed by atoms with van der Waals surface area (Å²) in [6.07, 6.45) is 3.60. The van der Waals surface area contributed by atoms with Crippen LogP contribution in [-0.2, 0) is 11.3 Å². The van der Waals surface area contributed by atoms with Crippen LogP contribution >= 0.6 is 11.6 Å². The predicted octanol–water partition coefficient (Wildman–Crippen LogP) is 2.41. The Morgan fingerprint density at radius 2 is 2.50 bits per heavy atom. The van der Waals surface area contributed by atoms with Crippen molar-refractivity contribution in [1.82, 2.24) is 4.57 Å². The topological polar surface area (TPSA) is 51.5 Å². The Morgan fingerprint density at radius 3 is 3.06 bits per heavy atom. The number of ether oxygens (including phenoxy) is 1. The normalized spacial score (nSPS) is 24.9. The summed E-state index contributed by atoms with van der Waals surface area (Å²) < 4.78 is 7.28. The maximum Gasteiger partial charge on any atom is 0.352 e. The summed E-state index contributed by atoms with van der Waals surface area (Å²) in [7, 11) is 0. The number of rotatable bonds is 3. The van der Waals surface area contributed by atoms with Crippen LogP contribution in [-0.4, -0.2) is 27.9 Å². The highest BCUT2D eigenvalue weighted by molar-refractivity contribution is 6.30. The van der Waals surface area contributed by atoms with E-state index in [0.29, 0.717) is 11.6 Å². The predicted molar refractivity (Wildman–Crippen MR) is 60.0 cm³/mol. The van der Waals surface area contributed by atoms with Gasteiger partial charge in [-0.1, -0.05) is 11.6 Å². The van der Waals surface area contributed by atoms with Gasteiger partial charge in [-0.2, -0.15) is 0 Å². The summed E-state index contributed by atoms with van der Waals surface area (Å²) in [6.45, 7) is 3.27. The molecule has 1 saturated heterocycles. The van der Waals surface area contributed by atoms with Crippen molar-refractivity contribution in [3.63, 3.8) is 0 Å². The van der Waals surface area contributed by atoms with Gasteiger partial charge in [-0.3, -0.25) is 0 Å². The lowest BCUT2D eigenvalue weighted by Crippen LogP contribution is -2.30. The second kappa shape index (κ2) is 4.11. The molecule has 4 nitrogen and oxygen atoms in total. The SMILES string of the molecule is CC1(Cn2cc(Cl)cc2C(=O)O)CCCO1. The number of halogens is 1. The minimum absolute atomic E-state index is 0.210. The van der Waals surface area contributed by atoms with Crippen LogP contribution in [0.25, 0.3) is 0 Å². The lowest BCUT2D eigenvalue weighted by Gasteiger charge is -2.24. The number of aromatic nitrogens is 1. The summed E-state index contributed by atoms with van der Waals surface area (Å²) in [5, 5.41) is 9.46. The van der Waals surface area contributed by atoms with Gasteiger partial charge in [0.05, 0.1) is 17.2 Å². The van der Waals surface area contributed by atoms with E-state index in [4.69, 9.17) is 21.4 Å². The van der Waals surface area contributed by atoms with Crippen LogP contribution in [0, 0.1) is 0 Å². The number of carboxylic acids is 1. The summed E-state index contributed by atoms with van der Waals surface area (Å²) in [6, 6.07) is 1.46. The molecule has 88 valence electrons. The highest BCUT2D eigenvalue weighted by atomic mass is 35.5. The van der Waals surface area contributed by atoms with Crippen LogP contribution in [0.4, 0.5) is 0 Å². The third-order valence-corrected chi connectivity index (χ3v) is 3.09. The van der Waals surface area contributed by atoms with Crippen LogP contribution < -0.4 is 0 Å². The van der Waals surface area contributed by atoms with Crippen LogP contribution in [0.1, 0.15) is 30.3 Å². The van der Waals surface area contributed by atoms with Gasteiger partial charge in [0.25, 0.3) is 0 Å². The monoisotopic (exact) mass is 243 g/mol. The molecule has 5 heteroatoms. The lowest BCUT2D eigenvalue weighted by atomic mass is 10.0. The fourth-order valence-electron chi connectivity index (χ4n) is 2.11. The molecule has 0 aliphatic carbocycles. The summed E-state index contributed by atoms with van der Waals surface area (Å²) in [5.74, 6) is -0.964. The summed E-state index contributed by atoms with van der Waals surface area (Å²) in [5.41, 5.74) is -0.0614. The number of hydrogen-bond donors (Lipinski definition) is 1. The van der Waals surface area contributed by atoms with Gasteiger partial charge in [0.1, 0.15) is 5.69 Å². The Hall–Kier alpha value is -1.00. The number of aromatic carboxylic acids is 1. The molecule has 0 saturated carbocycles. The Balaban J connectivity index is 2.23. The molecule has 1 fully saturated rings. The molecule has 0 bridgehead atoms. The third-order valence-electron chi connectivity index (χ3n) is 2.89. The molecular formula is C11H14ClNO3. The van der Waals surface area contributed by atoms with E-state index >= 15 is 0 Å². The molecule has 16 heavy (non-hydrogen) atoms. The van der Waals surface area contributed by atoms with Crippen molar-refractivity contribution in [3.8, 4) is 0 Å². The first-order valence-corrected chi connectivity index (χ1v) is 5.61. The average Bonchev–Trinajstić information content (AvgIpc) is 2.73. The maximum absolute atomic E-state index is 11.0. The minimum atomic E-state index is -0.964. The van der Waals surface area contributed by atoms with Crippen molar-refractivity contribution < 1.29 is 14.6 Å². The smallest absolute Gasteiger partial charge is 0.352 e. The molecule has 1 N–H and O–H groups in total. The highest BCUT2D eigenvalue weighted by Crippen LogP contribution is 2.28. The van der Waals surface area contributed by atoms with Crippen molar-refractivity contribution in [2.24, 2.45) is 0 Å². The van der Waals surface area contributed by atoms with Crippen molar-refractivity contribution in [1.29, 1.82) is 0 Å². The Bertz CT molecular complexity index is 407. The largest absolute Gasteiger partial charge is 0.477 e. The van der Waals surface area contributed by atoms with Crippen molar-refractivity contribution >= 4 is 17.6 Å². The van der Waals surface area contributed by atoms with E-state index in [1.807, 2.05) is 6.92 Å². The summed E-state index contributed by atoms with van der Waals surface area (Å²) in [4.78, 5) is 11.0. The van der Waals surface area contributed by atoms with E-state index in [1.165, 1.54) is 6.07 Å². The fraction of sp³-hybridized carbons (Fsp3) is 0.545. The van der Waals surface area contributed by atoms with Gasteiger partial charge in [-0.05, 0) is 25.8 Å². The maximum atomic E-state index is 11.0. The van der Waals surface area contributed by atoms with Crippen LogP contribution in [0.3, 0.4) is 0 Å². The molecule has 0 radical (unpaired) electrons. The van der Waals surface area contributed by atoms with Crippen LogP contribution in [0.5, 0.6) is 0 Å². The molecule has 2 rings (SSSR count). The van der Waals surface area contributed by atoms with E-state index in [0.717, 1.165) is 19.4 Å².